The van der Waals surface area contributed by atoms with Crippen molar-refractivity contribution >= 4 is 16.8 Å². The SMILES string of the molecule is CCCC1=Cc2c(-c3cccc4ccccc34)cccc2C1c1cc(C(C)(C)C)cc2c1Cc1ccc(C(C)(C)C)cc1-2. The molecule has 2 aliphatic rings. The van der Waals surface area contributed by atoms with E-state index in [-0.39, 0.29) is 16.7 Å². The Bertz CT molecular complexity index is 1910. The number of rotatable bonds is 4. The van der Waals surface area contributed by atoms with Crippen molar-refractivity contribution in [3.63, 3.8) is 0 Å². The lowest BCUT2D eigenvalue weighted by molar-refractivity contribution is 0.588. The summed E-state index contributed by atoms with van der Waals surface area (Å²) in [5, 5.41) is 2.63. The Morgan fingerprint density at radius 2 is 1.33 bits per heavy atom. The molecule has 0 heteroatoms. The van der Waals surface area contributed by atoms with Crippen LogP contribution >= 0.6 is 0 Å². The Morgan fingerprint density at radius 1 is 0.628 bits per heavy atom. The highest BCUT2D eigenvalue weighted by atomic mass is 14.4. The molecule has 0 saturated carbocycles. The van der Waals surface area contributed by atoms with Gasteiger partial charge in [-0.3, -0.25) is 0 Å². The van der Waals surface area contributed by atoms with Crippen LogP contribution in [0, 0.1) is 0 Å². The smallest absolute Gasteiger partial charge is 0.0311 e. The maximum absolute atomic E-state index is 2.57. The van der Waals surface area contributed by atoms with Gasteiger partial charge < -0.3 is 0 Å². The van der Waals surface area contributed by atoms with Crippen LogP contribution in [0.1, 0.15) is 106 Å². The zero-order valence-corrected chi connectivity index (χ0v) is 26.9. The largest absolute Gasteiger partial charge is 0.0651 e. The second-order valence-corrected chi connectivity index (χ2v) is 14.9. The molecule has 0 aromatic heterocycles. The van der Waals surface area contributed by atoms with Gasteiger partial charge in [-0.05, 0) is 95.6 Å². The topological polar surface area (TPSA) is 0 Å². The fourth-order valence-electron chi connectivity index (χ4n) is 7.49. The number of hydrogen-bond acceptors (Lipinski definition) is 0. The molecule has 0 N–H and O–H groups in total. The molecule has 2 aliphatic carbocycles. The Labute approximate surface area is 258 Å². The van der Waals surface area contributed by atoms with Gasteiger partial charge in [0.15, 0.2) is 0 Å². The molecular weight excluding hydrogens is 516 g/mol. The Kier molecular flexibility index (Phi) is 6.55. The molecule has 1 unspecified atom stereocenters. The molecule has 216 valence electrons. The van der Waals surface area contributed by atoms with Gasteiger partial charge in [-0.2, -0.15) is 0 Å². The number of fused-ring (bicyclic) bond motifs is 5. The van der Waals surface area contributed by atoms with Crippen molar-refractivity contribution < 1.29 is 0 Å². The van der Waals surface area contributed by atoms with Crippen molar-refractivity contribution in [2.24, 2.45) is 0 Å². The molecule has 0 bridgehead atoms. The van der Waals surface area contributed by atoms with Crippen LogP contribution in [0.25, 0.3) is 39.1 Å². The molecule has 0 amide bonds. The molecule has 0 spiro atoms. The predicted molar refractivity (Wildman–Crippen MR) is 186 cm³/mol. The molecule has 0 saturated heterocycles. The molecule has 0 aliphatic heterocycles. The lowest BCUT2D eigenvalue weighted by Gasteiger charge is -2.27. The molecule has 0 nitrogen and oxygen atoms in total. The van der Waals surface area contributed by atoms with Crippen LogP contribution < -0.4 is 0 Å². The quantitative estimate of drug-likeness (QED) is 0.201. The molecular formula is C43H44. The summed E-state index contributed by atoms with van der Waals surface area (Å²) in [4.78, 5) is 0. The lowest BCUT2D eigenvalue weighted by atomic mass is 9.77. The zero-order chi connectivity index (χ0) is 30.1. The molecule has 0 radical (unpaired) electrons. The second kappa shape index (κ2) is 10.1. The first kappa shape index (κ1) is 27.9. The van der Waals surface area contributed by atoms with Crippen molar-refractivity contribution in [2.45, 2.75) is 84.5 Å². The van der Waals surface area contributed by atoms with Crippen LogP contribution in [0.2, 0.25) is 0 Å². The highest BCUT2D eigenvalue weighted by Crippen LogP contribution is 2.52. The number of benzene rings is 5. The van der Waals surface area contributed by atoms with Gasteiger partial charge in [0, 0.05) is 5.92 Å². The first-order valence-electron chi connectivity index (χ1n) is 16.2. The monoisotopic (exact) mass is 560 g/mol. The maximum Gasteiger partial charge on any atom is 0.0311 e. The fraction of sp³-hybridized carbons (Fsp3) is 0.302. The number of allylic oxidation sites excluding steroid dienone is 1. The van der Waals surface area contributed by atoms with Crippen molar-refractivity contribution in [2.75, 3.05) is 0 Å². The van der Waals surface area contributed by atoms with Gasteiger partial charge in [0.05, 0.1) is 0 Å². The third kappa shape index (κ3) is 4.67. The van der Waals surface area contributed by atoms with E-state index in [2.05, 4.69) is 146 Å². The van der Waals surface area contributed by atoms with Crippen molar-refractivity contribution in [1.82, 2.24) is 0 Å². The van der Waals surface area contributed by atoms with Crippen LogP contribution in [0.15, 0.2) is 96.6 Å². The van der Waals surface area contributed by atoms with E-state index in [0.717, 1.165) is 19.3 Å². The molecule has 5 aromatic carbocycles. The zero-order valence-electron chi connectivity index (χ0n) is 26.9. The average Bonchev–Trinajstić information content (AvgIpc) is 3.53. The molecule has 5 aromatic rings. The highest BCUT2D eigenvalue weighted by molar-refractivity contribution is 5.99. The molecule has 0 heterocycles. The van der Waals surface area contributed by atoms with E-state index < -0.39 is 0 Å². The normalized spacial score (nSPS) is 15.8. The van der Waals surface area contributed by atoms with E-state index in [1.165, 1.54) is 72.0 Å². The number of hydrogen-bond donors (Lipinski definition) is 0. The minimum Gasteiger partial charge on any atom is -0.0651 e. The third-order valence-corrected chi connectivity index (χ3v) is 9.86. The predicted octanol–water partition coefficient (Wildman–Crippen LogP) is 12.0. The summed E-state index contributed by atoms with van der Waals surface area (Å²) in [7, 11) is 0. The van der Waals surface area contributed by atoms with E-state index in [4.69, 9.17) is 0 Å². The summed E-state index contributed by atoms with van der Waals surface area (Å²) < 4.78 is 0. The Morgan fingerprint density at radius 3 is 2.09 bits per heavy atom. The molecule has 1 atom stereocenters. The van der Waals surface area contributed by atoms with Crippen molar-refractivity contribution in [1.29, 1.82) is 0 Å². The molecule has 0 fully saturated rings. The van der Waals surface area contributed by atoms with Gasteiger partial charge in [-0.1, -0.05) is 158 Å². The van der Waals surface area contributed by atoms with E-state index >= 15 is 0 Å². The van der Waals surface area contributed by atoms with Crippen LogP contribution in [0.4, 0.5) is 0 Å². The van der Waals surface area contributed by atoms with Crippen LogP contribution in [0.3, 0.4) is 0 Å². The summed E-state index contributed by atoms with van der Waals surface area (Å²) in [6, 6.07) is 34.9. The third-order valence-electron chi connectivity index (χ3n) is 9.86. The standard InChI is InChI=1S/C43H44/c1-8-13-29-23-37-34(33-17-11-15-27-14-9-10-16-32(27)33)18-12-19-35(37)41(29)40-26-31(43(5,6)7)25-39-36-24-30(42(2,3)4)21-20-28(36)22-38(39)40/h9-12,14-21,23-26,41H,8,13,22H2,1-7H3. The first-order chi connectivity index (χ1) is 20.5. The Balaban J connectivity index is 1.46. The summed E-state index contributed by atoms with van der Waals surface area (Å²) in [6.07, 6.45) is 5.83. The van der Waals surface area contributed by atoms with Gasteiger partial charge in [-0.25, -0.2) is 0 Å². The van der Waals surface area contributed by atoms with Crippen molar-refractivity contribution in [3.8, 4) is 22.3 Å². The average molecular weight is 561 g/mol. The minimum absolute atomic E-state index is 0.0645. The fourth-order valence-corrected chi connectivity index (χ4v) is 7.49. The highest BCUT2D eigenvalue weighted by Gasteiger charge is 2.34. The van der Waals surface area contributed by atoms with E-state index in [9.17, 15) is 0 Å². The first-order valence-corrected chi connectivity index (χ1v) is 16.2. The minimum atomic E-state index is 0.0645. The van der Waals surface area contributed by atoms with Crippen molar-refractivity contribution in [3.05, 3.63) is 136 Å². The van der Waals surface area contributed by atoms with Gasteiger partial charge in [0.2, 0.25) is 0 Å². The molecule has 7 rings (SSSR count). The summed E-state index contributed by atoms with van der Waals surface area (Å²) >= 11 is 0. The van der Waals surface area contributed by atoms with Gasteiger partial charge in [0.1, 0.15) is 0 Å². The second-order valence-electron chi connectivity index (χ2n) is 14.9. The summed E-state index contributed by atoms with van der Waals surface area (Å²) in [6.45, 7) is 16.4. The molecule has 43 heavy (non-hydrogen) atoms. The van der Waals surface area contributed by atoms with Gasteiger partial charge >= 0.3 is 0 Å². The van der Waals surface area contributed by atoms with Gasteiger partial charge in [-0.15, -0.1) is 0 Å². The van der Waals surface area contributed by atoms with E-state index in [1.807, 2.05) is 0 Å². The summed E-state index contributed by atoms with van der Waals surface area (Å²) in [5.74, 6) is 0.289. The van der Waals surface area contributed by atoms with Gasteiger partial charge in [0.25, 0.3) is 0 Å². The van der Waals surface area contributed by atoms with Crippen LogP contribution in [-0.2, 0) is 17.3 Å². The van der Waals surface area contributed by atoms with Crippen LogP contribution in [0.5, 0.6) is 0 Å². The van der Waals surface area contributed by atoms with Crippen LogP contribution in [-0.4, -0.2) is 0 Å². The van der Waals surface area contributed by atoms with E-state index in [1.54, 1.807) is 5.57 Å². The Hall–Kier alpha value is -3.90. The summed E-state index contributed by atoms with van der Waals surface area (Å²) in [5.41, 5.74) is 17.6. The maximum atomic E-state index is 2.57. The van der Waals surface area contributed by atoms with E-state index in [0.29, 0.717) is 0 Å². The lowest BCUT2D eigenvalue weighted by Crippen LogP contribution is -2.14.